The maximum absolute atomic E-state index is 13.0. The molecule has 1 aliphatic heterocycles. The molecule has 45 heavy (non-hydrogen) atoms. The molecule has 2 aromatic carbocycles. The van der Waals surface area contributed by atoms with Crippen LogP contribution in [-0.2, 0) is 29.6 Å². The van der Waals surface area contributed by atoms with E-state index >= 15 is 0 Å². The summed E-state index contributed by atoms with van der Waals surface area (Å²) in [4.78, 5) is 62.0. The van der Waals surface area contributed by atoms with E-state index in [0.29, 0.717) is 31.5 Å². The molecule has 1 saturated carbocycles. The number of hydrogen-bond acceptors (Lipinski definition) is 10. The zero-order valence-corrected chi connectivity index (χ0v) is 27.6. The minimum Gasteiger partial charge on any atom is -0.465 e. The number of esters is 2. The van der Waals surface area contributed by atoms with E-state index in [1.54, 1.807) is 45.7 Å². The third-order valence-electron chi connectivity index (χ3n) is 7.96. The molecule has 1 heterocycles. The van der Waals surface area contributed by atoms with Crippen LogP contribution < -0.4 is 10.7 Å². The highest BCUT2D eigenvalue weighted by Gasteiger charge is 2.29. The van der Waals surface area contributed by atoms with E-state index in [1.165, 1.54) is 10.5 Å². The van der Waals surface area contributed by atoms with E-state index in [4.69, 9.17) is 9.47 Å². The van der Waals surface area contributed by atoms with Crippen molar-refractivity contribution < 1.29 is 28.7 Å². The Bertz CT molecular complexity index is 1510. The molecule has 0 atom stereocenters. The smallest absolute Gasteiger partial charge is 0.306 e. The molecule has 0 N–H and O–H groups in total. The number of nitrogens with zero attached hydrogens (tertiary/aromatic N) is 4. The molecular weight excluding hydrogens is 613 g/mol. The molecule has 1 fully saturated rings. The van der Waals surface area contributed by atoms with Crippen molar-refractivity contribution in [2.24, 2.45) is 9.98 Å². The Hall–Kier alpha value is -3.64. The third-order valence-corrected chi connectivity index (χ3v) is 10.5. The van der Waals surface area contributed by atoms with E-state index in [0.717, 1.165) is 46.3 Å². The topological polar surface area (TPSA) is 118 Å². The van der Waals surface area contributed by atoms with Gasteiger partial charge in [0.05, 0.1) is 30.2 Å². The summed E-state index contributed by atoms with van der Waals surface area (Å²) in [6, 6.07) is 15.6. The van der Waals surface area contributed by atoms with Crippen LogP contribution in [0, 0.1) is 0 Å². The zero-order valence-electron chi connectivity index (χ0n) is 26.0. The third kappa shape index (κ3) is 10.2. The number of ether oxygens (including phenoxy) is 2. The lowest BCUT2D eigenvalue weighted by Gasteiger charge is -2.34. The lowest BCUT2D eigenvalue weighted by atomic mass is 9.91. The van der Waals surface area contributed by atoms with Crippen molar-refractivity contribution in [3.63, 3.8) is 0 Å². The molecule has 0 radical (unpaired) electrons. The second kappa shape index (κ2) is 17.2. The van der Waals surface area contributed by atoms with E-state index in [9.17, 15) is 19.2 Å². The minimum atomic E-state index is -0.466. The largest absolute Gasteiger partial charge is 0.465 e. The van der Waals surface area contributed by atoms with Crippen molar-refractivity contribution in [3.8, 4) is 0 Å². The molecule has 0 aromatic heterocycles. The molecule has 2 aliphatic rings. The van der Waals surface area contributed by atoms with Gasteiger partial charge in [0.2, 0.25) is 6.41 Å². The monoisotopic (exact) mass is 652 g/mol. The first-order valence-corrected chi connectivity index (χ1v) is 17.4. The maximum atomic E-state index is 13.0. The van der Waals surface area contributed by atoms with E-state index < -0.39 is 11.9 Å². The van der Waals surface area contributed by atoms with Gasteiger partial charge in [0.1, 0.15) is 12.8 Å². The molecule has 12 heteroatoms. The van der Waals surface area contributed by atoms with Crippen molar-refractivity contribution in [2.75, 3.05) is 27.4 Å². The number of hydrogen-bond donors (Lipinski definition) is 0. The summed E-state index contributed by atoms with van der Waals surface area (Å²) in [7, 11) is 6.72. The highest BCUT2D eigenvalue weighted by atomic mass is 33.1. The molecule has 2 amide bonds. The fourth-order valence-corrected chi connectivity index (χ4v) is 7.69. The Kier molecular flexibility index (Phi) is 13.1. The summed E-state index contributed by atoms with van der Waals surface area (Å²) in [6.45, 7) is 2.42. The standard InChI is InChI=1S/C33H40N4O6S2/c1-23(36(2)22-38)30(45-44-20-24-7-5-4-6-8-24)17-18-42-31(39)15-16-32(40)43-27-12-10-26(11-13-27)37(3)33(41)25-9-14-28-29(19-25)35-21-34-28/h4-9,14,19,22,26-27H,10-13,15-18,20-21H2,1-3H3/b30-23-. The van der Waals surface area contributed by atoms with Crippen LogP contribution >= 0.6 is 21.6 Å². The predicted octanol–water partition coefficient (Wildman–Crippen LogP) is 4.44. The van der Waals surface area contributed by atoms with Crippen LogP contribution in [0.5, 0.6) is 0 Å². The number of benzene rings is 2. The van der Waals surface area contributed by atoms with Crippen LogP contribution in [0.2, 0.25) is 0 Å². The minimum absolute atomic E-state index is 0.0515. The summed E-state index contributed by atoms with van der Waals surface area (Å²) in [5, 5.41) is 1.56. The molecule has 0 spiro atoms. The highest BCUT2D eigenvalue weighted by Crippen LogP contribution is 2.37. The second-order valence-electron chi connectivity index (χ2n) is 11.0. The van der Waals surface area contributed by atoms with Crippen LogP contribution in [-0.4, -0.2) is 73.6 Å². The molecule has 240 valence electrons. The van der Waals surface area contributed by atoms with Crippen molar-refractivity contribution in [1.82, 2.24) is 9.80 Å². The highest BCUT2D eigenvalue weighted by molar-refractivity contribution is 8.77. The average Bonchev–Trinajstić information content (AvgIpc) is 3.54. The van der Waals surface area contributed by atoms with E-state index in [1.807, 2.05) is 38.2 Å². The Labute approximate surface area is 271 Å². The Balaban J connectivity index is 1.14. The van der Waals surface area contributed by atoms with Gasteiger partial charge in [-0.3, -0.25) is 29.2 Å². The van der Waals surface area contributed by atoms with Gasteiger partial charge in [-0.25, -0.2) is 0 Å². The van der Waals surface area contributed by atoms with Crippen LogP contribution in [0.3, 0.4) is 0 Å². The van der Waals surface area contributed by atoms with Gasteiger partial charge in [0.25, 0.3) is 5.91 Å². The van der Waals surface area contributed by atoms with E-state index in [-0.39, 0.29) is 37.5 Å². The van der Waals surface area contributed by atoms with Crippen molar-refractivity contribution in [1.29, 1.82) is 0 Å². The summed E-state index contributed by atoms with van der Waals surface area (Å²) in [5.41, 5.74) is 2.59. The number of rotatable bonds is 15. The Morgan fingerprint density at radius 2 is 1.64 bits per heavy atom. The van der Waals surface area contributed by atoms with Gasteiger partial charge in [0.15, 0.2) is 0 Å². The van der Waals surface area contributed by atoms with Crippen LogP contribution in [0.4, 0.5) is 0 Å². The van der Waals surface area contributed by atoms with Crippen LogP contribution in [0.25, 0.3) is 0 Å². The lowest BCUT2D eigenvalue weighted by molar-refractivity contribution is -0.155. The normalized spacial score (nSPS) is 17.6. The number of carbonyl (C=O) groups excluding carboxylic acids is 4. The summed E-state index contributed by atoms with van der Waals surface area (Å²) < 4.78 is 11.0. The maximum Gasteiger partial charge on any atom is 0.306 e. The van der Waals surface area contributed by atoms with Gasteiger partial charge < -0.3 is 19.3 Å². The summed E-state index contributed by atoms with van der Waals surface area (Å²) >= 11 is 0. The Morgan fingerprint density at radius 1 is 0.933 bits per heavy atom. The number of carbonyl (C=O) groups is 4. The SMILES string of the molecule is C/C(=C(\CCOC(=O)CCC(=O)OC1CCC(N(C)C(=O)c2ccc3c(c2)=NCN=3)CC1)SSCc1ccccc1)N(C)C=O. The molecular formula is C33H40N4O6S2. The summed E-state index contributed by atoms with van der Waals surface area (Å²) in [6.07, 6.45) is 3.63. The number of fused-ring (bicyclic) bond motifs is 1. The lowest BCUT2D eigenvalue weighted by Crippen LogP contribution is -2.41. The number of amides is 2. The van der Waals surface area contributed by atoms with Gasteiger partial charge in [-0.2, -0.15) is 0 Å². The van der Waals surface area contributed by atoms with E-state index in [2.05, 4.69) is 22.1 Å². The van der Waals surface area contributed by atoms with Crippen molar-refractivity contribution >= 4 is 45.8 Å². The molecule has 1 aliphatic carbocycles. The van der Waals surface area contributed by atoms with Crippen LogP contribution in [0.15, 0.2) is 69.1 Å². The second-order valence-corrected chi connectivity index (χ2v) is 13.4. The Morgan fingerprint density at radius 3 is 2.38 bits per heavy atom. The quantitative estimate of drug-likeness (QED) is 0.158. The van der Waals surface area contributed by atoms with Gasteiger partial charge in [-0.05, 0) is 56.4 Å². The van der Waals surface area contributed by atoms with Crippen molar-refractivity contribution in [3.05, 3.63) is 81.0 Å². The molecule has 10 nitrogen and oxygen atoms in total. The summed E-state index contributed by atoms with van der Waals surface area (Å²) in [5.74, 6) is -0.151. The fraction of sp³-hybridized carbons (Fsp3) is 0.455. The molecule has 2 aromatic rings. The first-order chi connectivity index (χ1) is 21.7. The predicted molar refractivity (Wildman–Crippen MR) is 175 cm³/mol. The number of allylic oxidation sites excluding steroid dienone is 1. The van der Waals surface area contributed by atoms with Gasteiger partial charge in [0, 0.05) is 48.5 Å². The molecule has 0 saturated heterocycles. The van der Waals surface area contributed by atoms with Gasteiger partial charge in [-0.15, -0.1) is 0 Å². The van der Waals surface area contributed by atoms with Crippen molar-refractivity contribution in [2.45, 2.75) is 69.8 Å². The zero-order chi connectivity index (χ0) is 32.2. The first kappa shape index (κ1) is 34.2. The molecule has 0 bridgehead atoms. The first-order valence-electron chi connectivity index (χ1n) is 15.1. The van der Waals surface area contributed by atoms with Crippen LogP contribution in [0.1, 0.15) is 67.8 Å². The van der Waals surface area contributed by atoms with Gasteiger partial charge >= 0.3 is 11.9 Å². The molecule has 0 unspecified atom stereocenters. The average molecular weight is 653 g/mol. The van der Waals surface area contributed by atoms with Gasteiger partial charge in [-0.1, -0.05) is 51.9 Å². The molecule has 4 rings (SSSR count). The fourth-order valence-electron chi connectivity index (χ4n) is 5.10.